The Bertz CT molecular complexity index is 1120. The Labute approximate surface area is 156 Å². The molecule has 0 aliphatic carbocycles. The van der Waals surface area contributed by atoms with E-state index in [-0.39, 0.29) is 0 Å². The van der Waals surface area contributed by atoms with E-state index in [9.17, 15) is 0 Å². The molecule has 0 bridgehead atoms. The molecular formula is C18H21N9. The van der Waals surface area contributed by atoms with Gasteiger partial charge in [0.2, 0.25) is 5.65 Å². The molecule has 0 unspecified atom stereocenters. The fraction of sp³-hybridized carbons (Fsp3) is 0.389. The monoisotopic (exact) mass is 363 g/mol. The van der Waals surface area contributed by atoms with Crippen molar-refractivity contribution >= 4 is 22.9 Å². The minimum atomic E-state index is 0.370. The van der Waals surface area contributed by atoms with E-state index in [0.29, 0.717) is 6.04 Å². The zero-order valence-electron chi connectivity index (χ0n) is 15.6. The van der Waals surface area contributed by atoms with Crippen LogP contribution in [0, 0.1) is 6.92 Å². The third-order valence-corrected chi connectivity index (χ3v) is 5.23. The van der Waals surface area contributed by atoms with E-state index in [1.54, 1.807) is 6.20 Å². The maximum absolute atomic E-state index is 4.56. The van der Waals surface area contributed by atoms with Crippen LogP contribution in [0.3, 0.4) is 0 Å². The van der Waals surface area contributed by atoms with Crippen molar-refractivity contribution in [2.75, 3.05) is 29.9 Å². The van der Waals surface area contributed by atoms with Crippen LogP contribution < -0.4 is 9.80 Å². The summed E-state index contributed by atoms with van der Waals surface area (Å²) in [7, 11) is 2.11. The van der Waals surface area contributed by atoms with Crippen LogP contribution >= 0.6 is 0 Å². The summed E-state index contributed by atoms with van der Waals surface area (Å²) < 4.78 is 3.92. The smallest absolute Gasteiger partial charge is 0.203 e. The molecule has 0 radical (unpaired) electrons. The highest BCUT2D eigenvalue weighted by atomic mass is 15.4. The fourth-order valence-electron chi connectivity index (χ4n) is 3.66. The number of anilines is 2. The number of fused-ring (bicyclic) bond motifs is 2. The molecular weight excluding hydrogens is 342 g/mol. The van der Waals surface area contributed by atoms with Gasteiger partial charge in [0, 0.05) is 56.8 Å². The quantitative estimate of drug-likeness (QED) is 0.542. The molecule has 0 aromatic carbocycles. The van der Waals surface area contributed by atoms with Crippen LogP contribution in [0.2, 0.25) is 0 Å². The predicted octanol–water partition coefficient (Wildman–Crippen LogP) is 1.36. The van der Waals surface area contributed by atoms with Gasteiger partial charge in [0.1, 0.15) is 11.6 Å². The van der Waals surface area contributed by atoms with E-state index < -0.39 is 0 Å². The lowest BCUT2D eigenvalue weighted by Crippen LogP contribution is -2.59. The van der Waals surface area contributed by atoms with Crippen LogP contribution in [0.15, 0.2) is 30.7 Å². The minimum Gasteiger partial charge on any atom is -0.353 e. The molecule has 4 aromatic rings. The normalized spacial score (nSPS) is 14.9. The molecule has 138 valence electrons. The molecule has 1 aliphatic heterocycles. The summed E-state index contributed by atoms with van der Waals surface area (Å²) >= 11 is 0. The Morgan fingerprint density at radius 2 is 2.07 bits per heavy atom. The van der Waals surface area contributed by atoms with Crippen molar-refractivity contribution in [1.82, 2.24) is 34.2 Å². The zero-order chi connectivity index (χ0) is 18.5. The number of nitrogens with zero attached hydrogens (tertiary/aromatic N) is 9. The van der Waals surface area contributed by atoms with Crippen molar-refractivity contribution in [3.05, 3.63) is 42.2 Å². The van der Waals surface area contributed by atoms with Crippen LogP contribution in [0.4, 0.5) is 11.6 Å². The Morgan fingerprint density at radius 1 is 1.22 bits per heavy atom. The zero-order valence-corrected chi connectivity index (χ0v) is 15.6. The van der Waals surface area contributed by atoms with Crippen molar-refractivity contribution in [1.29, 1.82) is 0 Å². The molecule has 1 saturated heterocycles. The summed E-state index contributed by atoms with van der Waals surface area (Å²) in [5.41, 5.74) is 2.68. The summed E-state index contributed by atoms with van der Waals surface area (Å²) in [4.78, 5) is 13.6. The second-order valence-electron chi connectivity index (χ2n) is 6.94. The fourth-order valence-corrected chi connectivity index (χ4v) is 3.66. The van der Waals surface area contributed by atoms with Gasteiger partial charge in [-0.25, -0.2) is 9.97 Å². The number of hydrogen-bond acceptors (Lipinski definition) is 7. The second kappa shape index (κ2) is 5.90. The number of aromatic nitrogens is 7. The van der Waals surface area contributed by atoms with E-state index in [4.69, 9.17) is 0 Å². The molecule has 0 saturated carbocycles. The Hall–Kier alpha value is -3.23. The Balaban J connectivity index is 1.40. The third kappa shape index (κ3) is 2.42. The molecule has 9 heteroatoms. The molecule has 27 heavy (non-hydrogen) atoms. The summed E-state index contributed by atoms with van der Waals surface area (Å²) in [5.74, 6) is 2.90. The van der Waals surface area contributed by atoms with E-state index in [1.165, 1.54) is 0 Å². The van der Waals surface area contributed by atoms with Crippen LogP contribution in [-0.2, 0) is 6.42 Å². The highest BCUT2D eigenvalue weighted by Gasteiger charge is 2.34. The van der Waals surface area contributed by atoms with Gasteiger partial charge in [-0.05, 0) is 6.92 Å². The molecule has 9 nitrogen and oxygen atoms in total. The summed E-state index contributed by atoms with van der Waals surface area (Å²) in [6.45, 7) is 5.85. The van der Waals surface area contributed by atoms with E-state index in [0.717, 1.165) is 54.0 Å². The van der Waals surface area contributed by atoms with Crippen molar-refractivity contribution in [3.63, 3.8) is 0 Å². The molecule has 0 spiro atoms. The van der Waals surface area contributed by atoms with E-state index >= 15 is 0 Å². The number of likely N-dealkylation sites (N-methyl/N-ethyl adjacent to an activating group) is 1. The van der Waals surface area contributed by atoms with Crippen molar-refractivity contribution in [2.45, 2.75) is 26.3 Å². The van der Waals surface area contributed by atoms with Crippen molar-refractivity contribution in [2.24, 2.45) is 0 Å². The SMILES string of the molecule is CCc1nnc2c(N3CC(N(C)c4cc(C)nc5ccnn45)C3)nccn12. The minimum absolute atomic E-state index is 0.370. The first-order valence-corrected chi connectivity index (χ1v) is 9.13. The highest BCUT2D eigenvalue weighted by molar-refractivity contribution is 5.66. The first kappa shape index (κ1) is 16.0. The summed E-state index contributed by atoms with van der Waals surface area (Å²) in [6, 6.07) is 4.38. The molecule has 1 fully saturated rings. The number of aryl methyl sites for hydroxylation is 2. The first-order chi connectivity index (χ1) is 13.2. The average molecular weight is 363 g/mol. The lowest BCUT2D eigenvalue weighted by molar-refractivity contribution is 0.487. The lowest BCUT2D eigenvalue weighted by atomic mass is 10.1. The molecule has 5 rings (SSSR count). The van der Waals surface area contributed by atoms with Gasteiger partial charge in [0.05, 0.1) is 12.2 Å². The van der Waals surface area contributed by atoms with E-state index in [1.807, 2.05) is 34.3 Å². The van der Waals surface area contributed by atoms with Crippen LogP contribution in [0.5, 0.6) is 0 Å². The van der Waals surface area contributed by atoms with E-state index in [2.05, 4.69) is 55.1 Å². The van der Waals surface area contributed by atoms with Gasteiger partial charge in [-0.3, -0.25) is 4.40 Å². The van der Waals surface area contributed by atoms with Gasteiger partial charge in [-0.1, -0.05) is 6.92 Å². The highest BCUT2D eigenvalue weighted by Crippen LogP contribution is 2.27. The van der Waals surface area contributed by atoms with Gasteiger partial charge in [0.25, 0.3) is 0 Å². The standard InChI is InChI=1S/C18H21N9/c1-4-14-22-23-18-17(19-7-8-26(14)18)25-10-13(11-25)24(3)16-9-12(2)21-15-5-6-20-27(15)16/h5-9,13H,4,10-11H2,1-3H3. The largest absolute Gasteiger partial charge is 0.353 e. The first-order valence-electron chi connectivity index (χ1n) is 9.13. The second-order valence-corrected chi connectivity index (χ2v) is 6.94. The van der Waals surface area contributed by atoms with Gasteiger partial charge in [0.15, 0.2) is 11.5 Å². The van der Waals surface area contributed by atoms with Gasteiger partial charge in [-0.2, -0.15) is 9.61 Å². The molecule has 0 N–H and O–H groups in total. The van der Waals surface area contributed by atoms with Crippen LogP contribution in [-0.4, -0.2) is 60.4 Å². The van der Waals surface area contributed by atoms with Crippen LogP contribution in [0.25, 0.3) is 11.3 Å². The number of hydrogen-bond donors (Lipinski definition) is 0. The maximum atomic E-state index is 4.56. The van der Waals surface area contributed by atoms with Gasteiger partial charge >= 0.3 is 0 Å². The third-order valence-electron chi connectivity index (χ3n) is 5.23. The average Bonchev–Trinajstić information content (AvgIpc) is 3.26. The van der Waals surface area contributed by atoms with Crippen molar-refractivity contribution in [3.8, 4) is 0 Å². The Kier molecular flexibility index (Phi) is 3.49. The molecule has 0 atom stereocenters. The topological polar surface area (TPSA) is 79.8 Å². The lowest BCUT2D eigenvalue weighted by Gasteiger charge is -2.45. The molecule has 0 amide bonds. The predicted molar refractivity (Wildman–Crippen MR) is 102 cm³/mol. The molecule has 1 aliphatic rings. The number of rotatable bonds is 4. The van der Waals surface area contributed by atoms with Gasteiger partial charge < -0.3 is 9.80 Å². The summed E-state index contributed by atoms with van der Waals surface area (Å²) in [6.07, 6.45) is 6.38. The molecule has 5 heterocycles. The Morgan fingerprint density at radius 3 is 2.89 bits per heavy atom. The van der Waals surface area contributed by atoms with Crippen LogP contribution in [0.1, 0.15) is 18.4 Å². The van der Waals surface area contributed by atoms with Gasteiger partial charge in [-0.15, -0.1) is 10.2 Å². The summed E-state index contributed by atoms with van der Waals surface area (Å²) in [5, 5.41) is 13.0. The maximum Gasteiger partial charge on any atom is 0.203 e. The van der Waals surface area contributed by atoms with Crippen molar-refractivity contribution < 1.29 is 0 Å². The molecule has 4 aromatic heterocycles.